The van der Waals surface area contributed by atoms with Crippen LogP contribution in [0.15, 0.2) is 24.3 Å². The van der Waals surface area contributed by atoms with Crippen molar-refractivity contribution in [1.82, 2.24) is 10.2 Å². The summed E-state index contributed by atoms with van der Waals surface area (Å²) in [6.07, 6.45) is 4.64. The van der Waals surface area contributed by atoms with E-state index < -0.39 is 0 Å². The quantitative estimate of drug-likeness (QED) is 0.752. The van der Waals surface area contributed by atoms with E-state index in [9.17, 15) is 14.7 Å². The number of nitrogens with zero attached hydrogens (tertiary/aromatic N) is 1. The van der Waals surface area contributed by atoms with E-state index in [1.165, 1.54) is 4.90 Å². The second kappa shape index (κ2) is 7.45. The summed E-state index contributed by atoms with van der Waals surface area (Å²) in [6, 6.07) is 7.32. The molecule has 24 heavy (non-hydrogen) atoms. The molecule has 0 radical (unpaired) electrons. The molecule has 1 aromatic rings. The Bertz CT molecular complexity index is 581. The predicted octanol–water partition coefficient (Wildman–Crippen LogP) is 2.20. The van der Waals surface area contributed by atoms with Gasteiger partial charge in [-0.15, -0.1) is 0 Å². The Labute approximate surface area is 143 Å². The first-order chi connectivity index (χ1) is 11.6. The number of fused-ring (bicyclic) bond motifs is 1. The summed E-state index contributed by atoms with van der Waals surface area (Å²) < 4.78 is 0. The van der Waals surface area contributed by atoms with Gasteiger partial charge in [0.15, 0.2) is 0 Å². The first-order valence-corrected chi connectivity index (χ1v) is 8.94. The molecule has 5 heteroatoms. The molecule has 0 bridgehead atoms. The summed E-state index contributed by atoms with van der Waals surface area (Å²) >= 11 is 0. The first kappa shape index (κ1) is 17.1. The fraction of sp³-hybridized carbons (Fsp3) is 0.579. The van der Waals surface area contributed by atoms with E-state index in [4.69, 9.17) is 0 Å². The lowest BCUT2D eigenvalue weighted by Crippen LogP contribution is -2.35. The number of rotatable bonds is 7. The highest BCUT2D eigenvalue weighted by Gasteiger charge is 2.34. The largest absolute Gasteiger partial charge is 0.393 e. The number of hydrogen-bond donors (Lipinski definition) is 2. The van der Waals surface area contributed by atoms with Gasteiger partial charge in [-0.2, -0.15) is 0 Å². The summed E-state index contributed by atoms with van der Waals surface area (Å²) in [7, 11) is 0. The van der Waals surface area contributed by atoms with E-state index in [-0.39, 0.29) is 17.9 Å². The molecule has 3 atom stereocenters. The van der Waals surface area contributed by atoms with E-state index >= 15 is 0 Å². The SMILES string of the molecule is CC(CCCN1C(=O)c2ccccc2C1=O)NCC1CCCC1O. The zero-order chi connectivity index (χ0) is 17.1. The lowest BCUT2D eigenvalue weighted by Gasteiger charge is -2.20. The number of carbonyl (C=O) groups excluding carboxylic acids is 2. The molecule has 1 fully saturated rings. The number of amides is 2. The zero-order valence-electron chi connectivity index (χ0n) is 14.2. The highest BCUT2D eigenvalue weighted by Crippen LogP contribution is 2.25. The Kier molecular flexibility index (Phi) is 5.31. The van der Waals surface area contributed by atoms with Gasteiger partial charge in [0, 0.05) is 19.1 Å². The third-order valence-corrected chi connectivity index (χ3v) is 5.24. The van der Waals surface area contributed by atoms with Crippen LogP contribution in [0.5, 0.6) is 0 Å². The molecule has 2 N–H and O–H groups in total. The van der Waals surface area contributed by atoms with Crippen molar-refractivity contribution in [2.45, 2.75) is 51.2 Å². The van der Waals surface area contributed by atoms with Crippen molar-refractivity contribution in [3.63, 3.8) is 0 Å². The first-order valence-electron chi connectivity index (χ1n) is 8.94. The molecule has 1 aliphatic carbocycles. The van der Waals surface area contributed by atoms with Gasteiger partial charge >= 0.3 is 0 Å². The minimum Gasteiger partial charge on any atom is -0.393 e. The normalized spacial score (nSPS) is 24.5. The summed E-state index contributed by atoms with van der Waals surface area (Å²) in [6.45, 7) is 3.42. The van der Waals surface area contributed by atoms with E-state index in [0.717, 1.165) is 38.6 Å². The second-order valence-corrected chi connectivity index (χ2v) is 7.02. The van der Waals surface area contributed by atoms with Crippen LogP contribution in [0.25, 0.3) is 0 Å². The predicted molar refractivity (Wildman–Crippen MR) is 91.9 cm³/mol. The number of carbonyl (C=O) groups is 2. The molecule has 2 aliphatic rings. The van der Waals surface area contributed by atoms with E-state index in [2.05, 4.69) is 12.2 Å². The number of hydrogen-bond acceptors (Lipinski definition) is 4. The summed E-state index contributed by atoms with van der Waals surface area (Å²) in [5.41, 5.74) is 1.03. The van der Waals surface area contributed by atoms with E-state index in [1.807, 2.05) is 0 Å². The third-order valence-electron chi connectivity index (χ3n) is 5.24. The fourth-order valence-corrected chi connectivity index (χ4v) is 3.71. The maximum atomic E-state index is 12.3. The van der Waals surface area contributed by atoms with Crippen LogP contribution < -0.4 is 5.32 Å². The average Bonchev–Trinajstić information content (AvgIpc) is 3.10. The molecule has 130 valence electrons. The minimum atomic E-state index is -0.176. The molecule has 1 heterocycles. The molecule has 2 amide bonds. The summed E-state index contributed by atoms with van der Waals surface area (Å²) in [4.78, 5) is 25.9. The van der Waals surface area contributed by atoms with Gasteiger partial charge in [0.05, 0.1) is 17.2 Å². The third kappa shape index (κ3) is 3.52. The van der Waals surface area contributed by atoms with Crippen LogP contribution >= 0.6 is 0 Å². The van der Waals surface area contributed by atoms with Crippen LogP contribution in [-0.4, -0.2) is 47.1 Å². The lowest BCUT2D eigenvalue weighted by atomic mass is 10.1. The number of aliphatic hydroxyl groups excluding tert-OH is 1. The van der Waals surface area contributed by atoms with Crippen molar-refractivity contribution >= 4 is 11.8 Å². The highest BCUT2D eigenvalue weighted by atomic mass is 16.3. The van der Waals surface area contributed by atoms with Crippen LogP contribution in [0.1, 0.15) is 59.7 Å². The van der Waals surface area contributed by atoms with Gasteiger partial charge in [-0.05, 0) is 50.7 Å². The average molecular weight is 330 g/mol. The molecule has 3 rings (SSSR count). The van der Waals surface area contributed by atoms with Gasteiger partial charge in [0.1, 0.15) is 0 Å². The van der Waals surface area contributed by atoms with Crippen LogP contribution in [0.3, 0.4) is 0 Å². The lowest BCUT2D eigenvalue weighted by molar-refractivity contribution is 0.0650. The monoisotopic (exact) mass is 330 g/mol. The summed E-state index contributed by atoms with van der Waals surface area (Å²) in [5, 5.41) is 13.3. The Morgan fingerprint density at radius 2 is 1.88 bits per heavy atom. The van der Waals surface area contributed by atoms with Crippen molar-refractivity contribution < 1.29 is 14.7 Å². The molecule has 1 saturated carbocycles. The topological polar surface area (TPSA) is 69.6 Å². The van der Waals surface area contributed by atoms with Gasteiger partial charge in [-0.1, -0.05) is 18.6 Å². The van der Waals surface area contributed by atoms with Crippen molar-refractivity contribution in [1.29, 1.82) is 0 Å². The molecule has 1 aromatic carbocycles. The molecule has 5 nitrogen and oxygen atoms in total. The van der Waals surface area contributed by atoms with Crippen LogP contribution in [0.4, 0.5) is 0 Å². The maximum absolute atomic E-state index is 12.3. The number of nitrogens with one attached hydrogen (secondary N) is 1. The van der Waals surface area contributed by atoms with Crippen LogP contribution in [0.2, 0.25) is 0 Å². The maximum Gasteiger partial charge on any atom is 0.261 e. The molecule has 3 unspecified atom stereocenters. The van der Waals surface area contributed by atoms with Gasteiger partial charge in [0.2, 0.25) is 0 Å². The molecule has 1 aliphatic heterocycles. The minimum absolute atomic E-state index is 0.164. The van der Waals surface area contributed by atoms with Crippen molar-refractivity contribution in [2.75, 3.05) is 13.1 Å². The van der Waals surface area contributed by atoms with Crippen molar-refractivity contribution in [2.24, 2.45) is 5.92 Å². The van der Waals surface area contributed by atoms with Crippen LogP contribution in [0, 0.1) is 5.92 Å². The zero-order valence-corrected chi connectivity index (χ0v) is 14.2. The Hall–Kier alpha value is -1.72. The molecule has 0 saturated heterocycles. The molecular weight excluding hydrogens is 304 g/mol. The van der Waals surface area contributed by atoms with E-state index in [0.29, 0.717) is 29.6 Å². The standard InChI is InChI=1S/C19H26N2O3/c1-13(20-12-14-7-4-10-17(14)22)6-5-11-21-18(23)15-8-2-3-9-16(15)19(21)24/h2-3,8-9,13-14,17,20,22H,4-7,10-12H2,1H3. The fourth-order valence-electron chi connectivity index (χ4n) is 3.71. The summed E-state index contributed by atoms with van der Waals surface area (Å²) in [5.74, 6) is 0.0132. The highest BCUT2D eigenvalue weighted by molar-refractivity contribution is 6.21. The van der Waals surface area contributed by atoms with Crippen molar-refractivity contribution in [3.8, 4) is 0 Å². The van der Waals surface area contributed by atoms with Crippen LogP contribution in [-0.2, 0) is 0 Å². The van der Waals surface area contributed by atoms with Gasteiger partial charge in [-0.3, -0.25) is 14.5 Å². The Balaban J connectivity index is 1.42. The second-order valence-electron chi connectivity index (χ2n) is 7.02. The number of aliphatic hydroxyl groups is 1. The number of benzene rings is 1. The Morgan fingerprint density at radius 1 is 1.21 bits per heavy atom. The van der Waals surface area contributed by atoms with Gasteiger partial charge < -0.3 is 10.4 Å². The van der Waals surface area contributed by atoms with Gasteiger partial charge in [-0.25, -0.2) is 0 Å². The van der Waals surface area contributed by atoms with Gasteiger partial charge in [0.25, 0.3) is 11.8 Å². The molecule has 0 aromatic heterocycles. The molecular formula is C19H26N2O3. The number of imide groups is 1. The Morgan fingerprint density at radius 3 is 2.46 bits per heavy atom. The van der Waals surface area contributed by atoms with E-state index in [1.54, 1.807) is 24.3 Å². The molecule has 0 spiro atoms. The van der Waals surface area contributed by atoms with Crippen molar-refractivity contribution in [3.05, 3.63) is 35.4 Å². The smallest absolute Gasteiger partial charge is 0.261 e.